The van der Waals surface area contributed by atoms with E-state index in [2.05, 4.69) is 16.4 Å². The summed E-state index contributed by atoms with van der Waals surface area (Å²) in [5.41, 5.74) is 0.523. The third-order valence-corrected chi connectivity index (χ3v) is 8.05. The van der Waals surface area contributed by atoms with E-state index in [1.165, 1.54) is 44.2 Å². The van der Waals surface area contributed by atoms with E-state index < -0.39 is 41.4 Å². The molecule has 0 bridgehead atoms. The second-order valence-corrected chi connectivity index (χ2v) is 10.1. The average molecular weight is 515 g/mol. The van der Waals surface area contributed by atoms with Gasteiger partial charge < -0.3 is 9.47 Å². The van der Waals surface area contributed by atoms with Gasteiger partial charge in [-0.3, -0.25) is 0 Å². The van der Waals surface area contributed by atoms with Crippen LogP contribution in [0.5, 0.6) is 11.5 Å². The maximum Gasteiger partial charge on any atom is 0.426 e. The summed E-state index contributed by atoms with van der Waals surface area (Å²) >= 11 is 0. The normalized spacial score (nSPS) is 25.1. The molecule has 2 aromatic carbocycles. The number of hydrogen-bond donors (Lipinski definition) is 0. The van der Waals surface area contributed by atoms with Crippen molar-refractivity contribution in [1.29, 1.82) is 0 Å². The van der Waals surface area contributed by atoms with E-state index in [1.807, 2.05) is 0 Å². The quantitative estimate of drug-likeness (QED) is 0.327. The molecular formula is C28H32F6O2. The van der Waals surface area contributed by atoms with E-state index in [4.69, 9.17) is 0 Å². The summed E-state index contributed by atoms with van der Waals surface area (Å²) in [7, 11) is 0. The maximum absolute atomic E-state index is 14.7. The molecule has 0 saturated heterocycles. The molecule has 2 fully saturated rings. The summed E-state index contributed by atoms with van der Waals surface area (Å²) in [6, 6.07) is 6.60. The van der Waals surface area contributed by atoms with Crippen molar-refractivity contribution in [3.05, 3.63) is 59.2 Å². The zero-order valence-electron chi connectivity index (χ0n) is 20.3. The molecule has 0 N–H and O–H groups in total. The van der Waals surface area contributed by atoms with Crippen LogP contribution in [0.3, 0.4) is 0 Å². The SMILES string of the molecule is CC[C@H]1CC[C@H]([C@H]2CC[C@H](c3ccc(C(F)(F)Oc4cc(F)c(OC(F)F)c(F)c4)cc3)CC2)CC1. The predicted molar refractivity (Wildman–Crippen MR) is 124 cm³/mol. The van der Waals surface area contributed by atoms with Gasteiger partial charge in [0.2, 0.25) is 0 Å². The Labute approximate surface area is 208 Å². The molecule has 8 heteroatoms. The number of hydrogen-bond acceptors (Lipinski definition) is 2. The highest BCUT2D eigenvalue weighted by Gasteiger charge is 2.36. The fourth-order valence-corrected chi connectivity index (χ4v) is 5.95. The lowest BCUT2D eigenvalue weighted by Gasteiger charge is -2.38. The van der Waals surface area contributed by atoms with Crippen molar-refractivity contribution in [3.63, 3.8) is 0 Å². The second-order valence-electron chi connectivity index (χ2n) is 10.1. The molecule has 4 rings (SSSR count). The molecule has 0 aliphatic heterocycles. The minimum Gasteiger partial charge on any atom is -0.429 e. The van der Waals surface area contributed by atoms with Crippen LogP contribution in [0.4, 0.5) is 26.3 Å². The Hall–Kier alpha value is -2.38. The van der Waals surface area contributed by atoms with E-state index in [9.17, 15) is 26.3 Å². The van der Waals surface area contributed by atoms with Gasteiger partial charge in [-0.15, -0.1) is 0 Å². The van der Waals surface area contributed by atoms with E-state index in [0.717, 1.165) is 49.0 Å². The molecule has 0 atom stereocenters. The van der Waals surface area contributed by atoms with Crippen LogP contribution in [0.25, 0.3) is 0 Å². The Morgan fingerprint density at radius 2 is 1.36 bits per heavy atom. The molecule has 2 nitrogen and oxygen atoms in total. The Balaban J connectivity index is 1.35. The molecule has 0 spiro atoms. The molecule has 0 unspecified atom stereocenters. The lowest BCUT2D eigenvalue weighted by molar-refractivity contribution is -0.185. The fraction of sp³-hybridized carbons (Fsp3) is 0.571. The molecule has 198 valence electrons. The van der Waals surface area contributed by atoms with Crippen molar-refractivity contribution >= 4 is 0 Å². The minimum atomic E-state index is -3.88. The highest BCUT2D eigenvalue weighted by molar-refractivity contribution is 5.36. The summed E-state index contributed by atoms with van der Waals surface area (Å²) in [5, 5.41) is 0. The summed E-state index contributed by atoms with van der Waals surface area (Å²) in [4.78, 5) is 0. The zero-order valence-corrected chi connectivity index (χ0v) is 20.3. The van der Waals surface area contributed by atoms with Crippen LogP contribution in [-0.4, -0.2) is 6.61 Å². The second kappa shape index (κ2) is 11.3. The van der Waals surface area contributed by atoms with Crippen molar-refractivity contribution in [3.8, 4) is 11.5 Å². The Kier molecular flexibility index (Phi) is 8.41. The highest BCUT2D eigenvalue weighted by Crippen LogP contribution is 2.44. The number of alkyl halides is 4. The number of rotatable bonds is 8. The number of benzene rings is 2. The van der Waals surface area contributed by atoms with Crippen molar-refractivity contribution in [2.24, 2.45) is 17.8 Å². The van der Waals surface area contributed by atoms with Gasteiger partial charge in [-0.25, -0.2) is 8.78 Å². The molecule has 2 aliphatic carbocycles. The van der Waals surface area contributed by atoms with Crippen molar-refractivity contribution in [2.45, 2.75) is 83.3 Å². The Morgan fingerprint density at radius 1 is 0.833 bits per heavy atom. The Bertz CT molecular complexity index is 971. The number of halogens is 6. The van der Waals surface area contributed by atoms with Gasteiger partial charge in [0, 0.05) is 12.1 Å². The topological polar surface area (TPSA) is 18.5 Å². The van der Waals surface area contributed by atoms with Gasteiger partial charge in [-0.2, -0.15) is 17.6 Å². The van der Waals surface area contributed by atoms with Crippen LogP contribution >= 0.6 is 0 Å². The molecule has 0 amide bonds. The molecular weight excluding hydrogens is 482 g/mol. The predicted octanol–water partition coefficient (Wildman–Crippen LogP) is 9.18. The third-order valence-electron chi connectivity index (χ3n) is 8.05. The largest absolute Gasteiger partial charge is 0.429 e. The first-order valence-electron chi connectivity index (χ1n) is 12.8. The van der Waals surface area contributed by atoms with Crippen molar-refractivity contribution in [1.82, 2.24) is 0 Å². The first-order valence-corrected chi connectivity index (χ1v) is 12.8. The first-order chi connectivity index (χ1) is 17.2. The van der Waals surface area contributed by atoms with Gasteiger partial charge in [-0.05, 0) is 79.9 Å². The molecule has 0 aromatic heterocycles. The van der Waals surface area contributed by atoms with Crippen LogP contribution < -0.4 is 9.47 Å². The van der Waals surface area contributed by atoms with Gasteiger partial charge >= 0.3 is 12.7 Å². The summed E-state index contributed by atoms with van der Waals surface area (Å²) in [6.45, 7) is -1.19. The van der Waals surface area contributed by atoms with Crippen LogP contribution in [0.2, 0.25) is 0 Å². The third kappa shape index (κ3) is 6.30. The molecule has 2 aromatic rings. The smallest absolute Gasteiger partial charge is 0.426 e. The van der Waals surface area contributed by atoms with Crippen LogP contribution in [0, 0.1) is 29.4 Å². The van der Waals surface area contributed by atoms with E-state index >= 15 is 0 Å². The lowest BCUT2D eigenvalue weighted by Crippen LogP contribution is -2.25. The molecule has 2 aliphatic rings. The van der Waals surface area contributed by atoms with Crippen LogP contribution in [-0.2, 0) is 6.11 Å². The standard InChI is InChI=1S/C28H32F6O2/c1-2-17-3-5-18(6-4-17)19-7-9-20(10-8-19)21-11-13-22(14-12-21)28(33,34)36-23-15-24(29)26(25(30)16-23)35-27(31)32/h11-20,27H,2-10H2,1H3/t17-,18-,19-,20-. The van der Waals surface area contributed by atoms with Gasteiger partial charge in [0.25, 0.3) is 0 Å². The zero-order chi connectivity index (χ0) is 25.9. The van der Waals surface area contributed by atoms with Gasteiger partial charge in [0.05, 0.1) is 5.56 Å². The molecule has 2 saturated carbocycles. The monoisotopic (exact) mass is 514 g/mol. The number of ether oxygens (including phenoxy) is 2. The molecule has 0 heterocycles. The lowest BCUT2D eigenvalue weighted by atomic mass is 9.68. The van der Waals surface area contributed by atoms with Gasteiger partial charge in [0.15, 0.2) is 17.4 Å². The molecule has 0 radical (unpaired) electrons. The van der Waals surface area contributed by atoms with Gasteiger partial charge in [0.1, 0.15) is 5.75 Å². The Morgan fingerprint density at radius 3 is 1.86 bits per heavy atom. The summed E-state index contributed by atoms with van der Waals surface area (Å²) in [5.74, 6) is -2.54. The first kappa shape index (κ1) is 26.7. The van der Waals surface area contributed by atoms with Crippen LogP contribution in [0.15, 0.2) is 36.4 Å². The van der Waals surface area contributed by atoms with Gasteiger partial charge in [-0.1, -0.05) is 38.3 Å². The average Bonchev–Trinajstić information content (AvgIpc) is 2.86. The van der Waals surface area contributed by atoms with Crippen molar-refractivity contribution < 1.29 is 35.8 Å². The summed E-state index contributed by atoms with van der Waals surface area (Å²) < 4.78 is 89.9. The van der Waals surface area contributed by atoms with E-state index in [1.54, 1.807) is 12.1 Å². The van der Waals surface area contributed by atoms with Crippen molar-refractivity contribution in [2.75, 3.05) is 0 Å². The molecule has 36 heavy (non-hydrogen) atoms. The van der Waals surface area contributed by atoms with Crippen LogP contribution in [0.1, 0.15) is 81.8 Å². The minimum absolute atomic E-state index is 0.322. The fourth-order valence-electron chi connectivity index (χ4n) is 5.95. The maximum atomic E-state index is 14.7. The van der Waals surface area contributed by atoms with E-state index in [0.29, 0.717) is 18.1 Å². The highest BCUT2D eigenvalue weighted by atomic mass is 19.3. The van der Waals surface area contributed by atoms with E-state index in [-0.39, 0.29) is 0 Å². The summed E-state index contributed by atoms with van der Waals surface area (Å²) in [6.07, 6.45) is 7.13.